The number of carbonyl (C=O) groups excluding carboxylic acids is 4. The van der Waals surface area contributed by atoms with Gasteiger partial charge in [0, 0.05) is 80.0 Å². The number of allylic oxidation sites excluding steroid dienone is 1. The number of halogens is 1. The molecule has 7 aromatic rings. The zero-order chi connectivity index (χ0) is 69.3. The van der Waals surface area contributed by atoms with Crippen molar-refractivity contribution < 1.29 is 56.3 Å². The molecule has 5 fully saturated rings. The average Bonchev–Trinajstić information content (AvgIpc) is 1.61. The van der Waals surface area contributed by atoms with E-state index < -0.39 is 0 Å². The number of amides is 8. The van der Waals surface area contributed by atoms with Gasteiger partial charge in [0.25, 0.3) is 0 Å². The number of hydrogen-bond acceptors (Lipinski definition) is 16. The summed E-state index contributed by atoms with van der Waals surface area (Å²) < 4.78 is 31.9. The molecule has 8 amide bonds. The third-order valence-corrected chi connectivity index (χ3v) is 20.8. The van der Waals surface area contributed by atoms with Crippen LogP contribution in [0.2, 0.25) is 0 Å². The molecule has 3 aromatic carbocycles. The van der Waals surface area contributed by atoms with Crippen LogP contribution in [0.3, 0.4) is 0 Å². The van der Waals surface area contributed by atoms with E-state index in [9.17, 15) is 19.2 Å². The van der Waals surface area contributed by atoms with Crippen LogP contribution >= 0.6 is 23.9 Å². The Labute approximate surface area is 580 Å². The molecule has 0 spiro atoms. The van der Waals surface area contributed by atoms with Crippen LogP contribution in [-0.4, -0.2) is 206 Å². The fourth-order valence-corrected chi connectivity index (χ4v) is 14.1. The zero-order valence-electron chi connectivity index (χ0n) is 55.9. The Morgan fingerprint density at radius 2 is 0.878 bits per heavy atom. The number of urea groups is 4. The molecule has 13 heterocycles. The Morgan fingerprint density at radius 3 is 1.27 bits per heavy atom. The van der Waals surface area contributed by atoms with E-state index in [4.69, 9.17) is 37.1 Å². The van der Waals surface area contributed by atoms with E-state index in [1.807, 2.05) is 100 Å². The lowest BCUT2D eigenvalue weighted by Crippen LogP contribution is -2.41. The van der Waals surface area contributed by atoms with Gasteiger partial charge >= 0.3 is 31.2 Å². The molecule has 0 saturated carbocycles. The molecule has 4 unspecified atom stereocenters. The number of carbonyl (C=O) groups is 4. The monoisotopic (exact) mass is 1410 g/mol. The lowest BCUT2D eigenvalue weighted by atomic mass is 9.82. The first-order valence-electron chi connectivity index (χ1n) is 32.0. The van der Waals surface area contributed by atoms with Crippen LogP contribution in [0, 0.1) is 0 Å². The standard InChI is InChI=1S/C15H15P.C12H13N3O3.2C10H11N3O2.C9H14BNO3.C9H11BrN2O2.C6H6/c1-2-13-16(14-9-5-3-6-10-14)15-11-7-4-8-12-15;1-2-5-18-15-11-7-14(12(15)16)4-3-10(11)9-6-13-17-8-9;2*1-12-9-5-13(10(12)14)3-2-8(9)7-4-11-15-6-7;1-8(2)9(3,4)14-10(13-8)7-5-11-12-6-7;1-2-5-14-12-8-6-11(9(12)13)4-3-7(8)10;1-2-4-6-5-3-1/h2-13H,1H3;2-3,6,8,11H,1,4-5,7H2;2*2,4,6,9H,3,5H2,1H3;5-6H,1-4H3;2-3,8H,1,4-6H2;1-6H/b13-2+;;;;;;. The Kier molecular flexibility index (Phi) is 24.2. The van der Waals surface area contributed by atoms with E-state index in [0.717, 1.165) is 56.4 Å². The van der Waals surface area contributed by atoms with E-state index in [1.165, 1.54) is 20.7 Å². The van der Waals surface area contributed by atoms with E-state index >= 15 is 0 Å². The first-order chi connectivity index (χ1) is 47.4. The highest BCUT2D eigenvalue weighted by Crippen LogP contribution is 2.39. The van der Waals surface area contributed by atoms with Crippen molar-refractivity contribution in [1.29, 1.82) is 0 Å². The first-order valence-corrected chi connectivity index (χ1v) is 34.2. The number of benzene rings is 3. The zero-order valence-corrected chi connectivity index (χ0v) is 58.4. The third kappa shape index (κ3) is 16.7. The van der Waals surface area contributed by atoms with Gasteiger partial charge in [0.1, 0.15) is 37.1 Å². The van der Waals surface area contributed by atoms with Gasteiger partial charge in [-0.3, -0.25) is 9.68 Å². The lowest BCUT2D eigenvalue weighted by Gasteiger charge is -2.32. The largest absolute Gasteiger partial charge is 0.499 e. The summed E-state index contributed by atoms with van der Waals surface area (Å²) in [5.41, 5.74) is 6.33. The summed E-state index contributed by atoms with van der Waals surface area (Å²) in [5.74, 6) is 2.31. The molecule has 512 valence electrons. The second-order valence-corrected chi connectivity index (χ2v) is 27.4. The maximum absolute atomic E-state index is 12.0. The van der Waals surface area contributed by atoms with Crippen molar-refractivity contribution in [1.82, 2.24) is 60.2 Å². The molecule has 16 rings (SSSR count). The van der Waals surface area contributed by atoms with Crippen molar-refractivity contribution in [2.75, 3.05) is 79.7 Å². The predicted molar refractivity (Wildman–Crippen MR) is 378 cm³/mol. The first kappa shape index (κ1) is 71.3. The molecule has 4 aromatic heterocycles. The molecule has 4 atom stereocenters. The third-order valence-electron chi connectivity index (χ3n) is 17.6. The maximum Gasteiger partial charge on any atom is 0.499 e. The average molecular weight is 1420 g/mol. The highest BCUT2D eigenvalue weighted by atomic mass is 79.9. The van der Waals surface area contributed by atoms with Gasteiger partial charge in [-0.15, -0.1) is 13.2 Å². The SMILES string of the molecule is C/C=C/P(c1ccccc1)c1ccccc1.C=CCON1C(=O)N2CC=C(Br)C1C2.C=CCON1C(=O)N2CC=C(c3cnoc3)C1C2.CC1(C)OB(c2cnoc2)OC1(C)C.CN1C(=O)N2CC=C(c3cnoc3)C1C2.CN1C(=O)N2CC=C(c3cnoc3)C1C2.c1ccccc1. The van der Waals surface area contributed by atoms with Gasteiger partial charge < -0.3 is 56.8 Å². The van der Waals surface area contributed by atoms with Gasteiger partial charge in [-0.25, -0.2) is 19.2 Å². The Bertz CT molecular complexity index is 3750. The minimum atomic E-state index is -0.369. The molecule has 0 aliphatic carbocycles. The number of rotatable bonds is 13. The van der Waals surface area contributed by atoms with Crippen molar-refractivity contribution in [2.45, 2.75) is 70.0 Å². The van der Waals surface area contributed by atoms with Crippen molar-refractivity contribution in [3.63, 3.8) is 0 Å². The van der Waals surface area contributed by atoms with E-state index in [2.05, 4.69) is 141 Å². The van der Waals surface area contributed by atoms with Gasteiger partial charge in [0.05, 0.1) is 74.4 Å². The fourth-order valence-electron chi connectivity index (χ4n) is 11.7. The summed E-state index contributed by atoms with van der Waals surface area (Å²) in [7, 11) is 2.97. The number of nitrogens with zero attached hydrogens (tertiary/aromatic N) is 12. The van der Waals surface area contributed by atoms with Crippen molar-refractivity contribution in [3.05, 3.63) is 230 Å². The molecule has 0 N–H and O–H groups in total. The Hall–Kier alpha value is -9.43. The van der Waals surface area contributed by atoms with Crippen molar-refractivity contribution >= 4 is 87.9 Å². The quantitative estimate of drug-likeness (QED) is 0.0593. The smallest absolute Gasteiger partial charge is 0.399 e. The molecular weight excluding hydrogens is 1330 g/mol. The van der Waals surface area contributed by atoms with Gasteiger partial charge in [-0.05, 0) is 69.9 Å². The number of hydrogen-bond donors (Lipinski definition) is 0. The summed E-state index contributed by atoms with van der Waals surface area (Å²) in [6.07, 6.45) is 26.5. The fraction of sp³-hybridized carbons (Fsp3) is 0.324. The van der Waals surface area contributed by atoms with Gasteiger partial charge in [0.2, 0.25) is 0 Å². The maximum atomic E-state index is 12.0. The van der Waals surface area contributed by atoms with Gasteiger partial charge in [-0.1, -0.05) is 182 Å². The van der Waals surface area contributed by atoms with Crippen LogP contribution in [0.4, 0.5) is 19.2 Å². The Balaban J connectivity index is 0.000000125. The van der Waals surface area contributed by atoms with Gasteiger partial charge in [0.15, 0.2) is 0 Å². The molecule has 9 aliphatic rings. The summed E-state index contributed by atoms with van der Waals surface area (Å²) in [5, 5.41) is 20.3. The molecule has 5 saturated heterocycles. The van der Waals surface area contributed by atoms with Crippen LogP contribution in [0.25, 0.3) is 16.7 Å². The minimum absolute atomic E-state index is 0.0104. The Morgan fingerprint density at radius 1 is 0.520 bits per heavy atom. The highest BCUT2D eigenvalue weighted by molar-refractivity contribution is 9.11. The van der Waals surface area contributed by atoms with Crippen molar-refractivity contribution in [3.8, 4) is 0 Å². The van der Waals surface area contributed by atoms with Gasteiger partial charge in [-0.2, -0.15) is 10.1 Å². The van der Waals surface area contributed by atoms with Crippen LogP contribution < -0.4 is 16.1 Å². The second-order valence-electron chi connectivity index (χ2n) is 24.4. The summed E-state index contributed by atoms with van der Waals surface area (Å²) in [6, 6.07) is 33.6. The normalized spacial score (nSPS) is 21.1. The van der Waals surface area contributed by atoms with E-state index in [-0.39, 0.29) is 74.5 Å². The number of hydroxylamine groups is 4. The molecule has 98 heavy (non-hydrogen) atoms. The highest BCUT2D eigenvalue weighted by Gasteiger charge is 2.52. The molecule has 0 radical (unpaired) electrons. The number of aromatic nitrogens is 4. The van der Waals surface area contributed by atoms with Crippen LogP contribution in [0.1, 0.15) is 51.3 Å². The topological polar surface area (TPSA) is 235 Å². The molecule has 8 bridgehead atoms. The van der Waals surface area contributed by atoms with Crippen LogP contribution in [0.5, 0.6) is 0 Å². The lowest BCUT2D eigenvalue weighted by molar-refractivity contribution is -0.108. The summed E-state index contributed by atoms with van der Waals surface area (Å²) in [6.45, 7) is 23.4. The van der Waals surface area contributed by atoms with E-state index in [0.29, 0.717) is 52.5 Å². The molecule has 27 heteroatoms. The van der Waals surface area contributed by atoms with Crippen LogP contribution in [-0.2, 0) is 19.0 Å². The van der Waals surface area contributed by atoms with Crippen LogP contribution in [0.15, 0.2) is 231 Å². The summed E-state index contributed by atoms with van der Waals surface area (Å²) in [4.78, 5) is 68.5. The number of fused-ring (bicyclic) bond motifs is 8. The van der Waals surface area contributed by atoms with Crippen molar-refractivity contribution in [2.24, 2.45) is 0 Å². The second kappa shape index (κ2) is 33.2. The molecule has 9 aliphatic heterocycles. The molecular formula is C71H81BBrN12O12P. The summed E-state index contributed by atoms with van der Waals surface area (Å²) >= 11 is 3.44. The number of likely N-dealkylation sites (N-methyl/N-ethyl adjacent to an activating group) is 2. The molecule has 24 nitrogen and oxygen atoms in total. The predicted octanol–water partition coefficient (Wildman–Crippen LogP) is 10.7. The minimum Gasteiger partial charge on any atom is -0.399 e. The van der Waals surface area contributed by atoms with E-state index in [1.54, 1.807) is 81.6 Å².